The average Bonchev–Trinajstić information content (AvgIpc) is 2.46. The molecule has 0 radical (unpaired) electrons. The smallest absolute Gasteiger partial charge is 0.283 e. The summed E-state index contributed by atoms with van der Waals surface area (Å²) in [6.07, 6.45) is 1.54. The molecule has 8 heteroatoms. The van der Waals surface area contributed by atoms with E-state index in [0.717, 1.165) is 3.57 Å². The van der Waals surface area contributed by atoms with Crippen LogP contribution in [0, 0.1) is 17.3 Å². The number of halogens is 3. The summed E-state index contributed by atoms with van der Waals surface area (Å²) in [5.74, 6) is 1.12. The van der Waals surface area contributed by atoms with Gasteiger partial charge in [0.1, 0.15) is 16.7 Å². The molecule has 1 heterocycles. The van der Waals surface area contributed by atoms with Crippen molar-refractivity contribution in [2.75, 3.05) is 0 Å². The van der Waals surface area contributed by atoms with E-state index >= 15 is 0 Å². The molecular formula is C13H9ClI2N2O3. The number of aromatic nitrogens is 1. The summed E-state index contributed by atoms with van der Waals surface area (Å²) in [5.41, 5.74) is 0.108. The third kappa shape index (κ3) is 4.04. The lowest BCUT2D eigenvalue weighted by Gasteiger charge is -2.10. The van der Waals surface area contributed by atoms with Gasteiger partial charge in [-0.1, -0.05) is 62.1 Å². The molecule has 2 rings (SSSR count). The summed E-state index contributed by atoms with van der Waals surface area (Å²) in [7, 11) is 0. The van der Waals surface area contributed by atoms with E-state index in [4.69, 9.17) is 16.3 Å². The van der Waals surface area contributed by atoms with Crippen LogP contribution in [-0.2, 0) is 0 Å². The van der Waals surface area contributed by atoms with Gasteiger partial charge in [0.15, 0.2) is 0 Å². The van der Waals surface area contributed by atoms with Gasteiger partial charge in [-0.3, -0.25) is 10.1 Å². The highest BCUT2D eigenvalue weighted by Gasteiger charge is 2.17. The number of nitro groups is 1. The third-order valence-corrected chi connectivity index (χ3v) is 5.97. The van der Waals surface area contributed by atoms with E-state index < -0.39 is 41.5 Å². The Hall–Kier alpha value is -0.940. The number of rotatable bonds is 5. The van der Waals surface area contributed by atoms with Gasteiger partial charge in [0, 0.05) is 24.4 Å². The van der Waals surface area contributed by atoms with Crippen molar-refractivity contribution in [1.82, 2.24) is 4.98 Å². The molecule has 0 bridgehead atoms. The molecule has 21 heavy (non-hydrogen) atoms. The second-order valence-electron chi connectivity index (χ2n) is 3.67. The summed E-state index contributed by atoms with van der Waals surface area (Å²) in [6.45, 7) is 0. The molecule has 0 amide bonds. The fourth-order valence-corrected chi connectivity index (χ4v) is 4.09. The zero-order valence-electron chi connectivity index (χ0n) is 10.6. The van der Waals surface area contributed by atoms with Crippen LogP contribution in [0.25, 0.3) is 0 Å². The number of benzene rings is 1. The highest BCUT2D eigenvalue weighted by molar-refractivity contribution is 14.2. The second-order valence-corrected chi connectivity index (χ2v) is 7.91. The summed E-state index contributed by atoms with van der Waals surface area (Å²) in [5, 5.41) is 11.4. The van der Waals surface area contributed by atoms with E-state index in [2.05, 4.69) is 14.0 Å². The van der Waals surface area contributed by atoms with Crippen LogP contribution in [0.4, 0.5) is 5.69 Å². The fraction of sp³-hybridized carbons (Fsp3) is 0. The predicted molar refractivity (Wildman–Crippen MR) is 102 cm³/mol. The predicted octanol–water partition coefficient (Wildman–Crippen LogP) is 4.58. The number of nitrogens with zero attached hydrogens (tertiary/aromatic N) is 2. The van der Waals surface area contributed by atoms with Crippen molar-refractivity contribution in [3.8, 4) is 11.5 Å². The van der Waals surface area contributed by atoms with Crippen molar-refractivity contribution in [3.05, 3.63) is 52.9 Å². The minimum absolute atomic E-state index is 0.108. The van der Waals surface area contributed by atoms with Gasteiger partial charge >= 0.3 is 0 Å². The van der Waals surface area contributed by atoms with Gasteiger partial charge in [-0.2, -0.15) is 0 Å². The van der Waals surface area contributed by atoms with Crippen LogP contribution in [0.1, 0.15) is 0 Å². The Bertz CT molecular complexity index is 737. The van der Waals surface area contributed by atoms with Crippen LogP contribution in [0.5, 0.6) is 11.5 Å². The van der Waals surface area contributed by atoms with E-state index in [9.17, 15) is 10.1 Å². The number of nitro benzene ring substituents is 1. The molecule has 5 nitrogen and oxygen atoms in total. The zero-order chi connectivity index (χ0) is 15.4. The molecule has 0 aliphatic heterocycles. The minimum Gasteiger partial charge on any atom is -0.456 e. The molecule has 0 spiro atoms. The Morgan fingerprint density at radius 1 is 1.24 bits per heavy atom. The molecule has 0 aliphatic rings. The van der Waals surface area contributed by atoms with Crippen molar-refractivity contribution in [1.29, 1.82) is 0 Å². The molecule has 110 valence electrons. The molecule has 0 unspecified atom stereocenters. The van der Waals surface area contributed by atoms with Crippen molar-refractivity contribution >= 4 is 67.8 Å². The number of hydrogen-bond acceptors (Lipinski definition) is 4. The number of hydrogen-bond donors (Lipinski definition) is 0. The molecule has 0 saturated heterocycles. The average molecular weight is 530 g/mol. The number of ether oxygens (including phenoxy) is 1. The molecule has 2 aromatic rings. The van der Waals surface area contributed by atoms with Gasteiger partial charge in [-0.25, -0.2) is 4.98 Å². The maximum atomic E-state index is 11.1. The standard InChI is InChI=1S/C13H9ClI2N2O3/c1-15-9-7-12(10(16-2)6-11(9)18(19)20)21-8-3-4-17-13(14)5-8/h3-7H,1-2H2. The number of pyridine rings is 1. The minimum atomic E-state index is -0.682. The second kappa shape index (κ2) is 7.36. The van der Waals surface area contributed by atoms with Crippen LogP contribution in [-0.4, -0.2) is 18.9 Å². The summed E-state index contributed by atoms with van der Waals surface area (Å²) < 4.78 is 14.9. The molecule has 1 aromatic heterocycles. The summed E-state index contributed by atoms with van der Waals surface area (Å²) in [4.78, 5) is 14.6. The third-order valence-electron chi connectivity index (χ3n) is 2.41. The van der Waals surface area contributed by atoms with Crippen molar-refractivity contribution < 1.29 is 9.66 Å². The highest BCUT2D eigenvalue weighted by atomic mass is 127. The van der Waals surface area contributed by atoms with E-state index in [1.807, 2.05) is 0 Å². The van der Waals surface area contributed by atoms with Crippen LogP contribution in [0.2, 0.25) is 5.15 Å². The first-order chi connectivity index (χ1) is 10.0. The SMILES string of the molecule is C=Ic1cc([N+](=O)[O-])c(I=C)cc1Oc1ccnc(Cl)c1. The van der Waals surface area contributed by atoms with Crippen LogP contribution < -0.4 is 4.74 Å². The van der Waals surface area contributed by atoms with Gasteiger partial charge in [0.2, 0.25) is 0 Å². The largest absolute Gasteiger partial charge is 0.456 e. The van der Waals surface area contributed by atoms with Crippen LogP contribution in [0.15, 0.2) is 30.5 Å². The lowest BCUT2D eigenvalue weighted by atomic mass is 10.3. The molecule has 0 atom stereocenters. The molecule has 1 aromatic carbocycles. The zero-order valence-corrected chi connectivity index (χ0v) is 15.6. The molecule has 0 N–H and O–H groups in total. The Labute approximate surface area is 145 Å². The van der Waals surface area contributed by atoms with Gasteiger partial charge in [-0.15, -0.1) is 0 Å². The van der Waals surface area contributed by atoms with E-state index in [1.54, 1.807) is 24.3 Å². The fourth-order valence-electron chi connectivity index (χ4n) is 1.52. The monoisotopic (exact) mass is 530 g/mol. The summed E-state index contributed by atoms with van der Waals surface area (Å²) >= 11 is 4.52. The van der Waals surface area contributed by atoms with E-state index in [0.29, 0.717) is 20.2 Å². The topological polar surface area (TPSA) is 65.3 Å². The van der Waals surface area contributed by atoms with Crippen LogP contribution in [0.3, 0.4) is 0 Å². The molecule has 0 saturated carbocycles. The van der Waals surface area contributed by atoms with Crippen molar-refractivity contribution in [3.63, 3.8) is 0 Å². The molecule has 0 fully saturated rings. The first kappa shape index (κ1) is 16.4. The Morgan fingerprint density at radius 3 is 2.52 bits per heavy atom. The lowest BCUT2D eigenvalue weighted by molar-refractivity contribution is -0.385. The van der Waals surface area contributed by atoms with Crippen molar-refractivity contribution in [2.45, 2.75) is 0 Å². The Morgan fingerprint density at radius 2 is 1.95 bits per heavy atom. The highest BCUT2D eigenvalue weighted by Crippen LogP contribution is 2.36. The first-order valence-electron chi connectivity index (χ1n) is 5.43. The van der Waals surface area contributed by atoms with Crippen molar-refractivity contribution in [2.24, 2.45) is 0 Å². The normalized spacial score (nSPS) is 10.3. The first-order valence-corrected chi connectivity index (χ1v) is 11.0. The molecular weight excluding hydrogens is 521 g/mol. The van der Waals surface area contributed by atoms with Gasteiger partial charge in [0.25, 0.3) is 5.69 Å². The Balaban J connectivity index is 2.50. The quantitative estimate of drug-likeness (QED) is 0.246. The summed E-state index contributed by atoms with van der Waals surface area (Å²) in [6, 6.07) is 6.52. The van der Waals surface area contributed by atoms with E-state index in [-0.39, 0.29) is 10.6 Å². The molecule has 0 aliphatic carbocycles. The van der Waals surface area contributed by atoms with Crippen LogP contribution >= 0.6 is 53.1 Å². The lowest BCUT2D eigenvalue weighted by Crippen LogP contribution is -1.96. The van der Waals surface area contributed by atoms with Gasteiger partial charge in [-0.05, 0) is 6.07 Å². The maximum absolute atomic E-state index is 11.1. The van der Waals surface area contributed by atoms with Gasteiger partial charge < -0.3 is 4.74 Å². The van der Waals surface area contributed by atoms with Gasteiger partial charge in [0.05, 0.1) is 12.1 Å². The Kier molecular flexibility index (Phi) is 5.76. The van der Waals surface area contributed by atoms with E-state index in [1.165, 1.54) is 6.20 Å². The maximum Gasteiger partial charge on any atom is 0.283 e.